The summed E-state index contributed by atoms with van der Waals surface area (Å²) in [6.45, 7) is 1.84. The predicted molar refractivity (Wildman–Crippen MR) is 80.5 cm³/mol. The monoisotopic (exact) mass is 368 g/mol. The molecule has 2 aromatic rings. The zero-order valence-electron chi connectivity index (χ0n) is 11.0. The van der Waals surface area contributed by atoms with Crippen molar-refractivity contribution in [2.75, 3.05) is 4.72 Å². The third-order valence-corrected chi connectivity index (χ3v) is 5.10. The van der Waals surface area contributed by atoms with Gasteiger partial charge in [0.2, 0.25) is 0 Å². The van der Waals surface area contributed by atoms with Crippen molar-refractivity contribution in [2.24, 2.45) is 0 Å². The van der Waals surface area contributed by atoms with Gasteiger partial charge in [-0.1, -0.05) is 28.1 Å². The molecule has 0 radical (unpaired) electrons. The molecular formula is C14H11BrNO4S-. The third-order valence-electron chi connectivity index (χ3n) is 2.81. The van der Waals surface area contributed by atoms with Gasteiger partial charge in [0.05, 0.1) is 10.9 Å². The van der Waals surface area contributed by atoms with E-state index in [0.717, 1.165) is 10.0 Å². The minimum Gasteiger partial charge on any atom is -0.545 e. The summed E-state index contributed by atoms with van der Waals surface area (Å²) in [5, 5.41) is 10.6. The highest BCUT2D eigenvalue weighted by atomic mass is 79.9. The van der Waals surface area contributed by atoms with Gasteiger partial charge in [-0.2, -0.15) is 0 Å². The maximum absolute atomic E-state index is 12.2. The lowest BCUT2D eigenvalue weighted by Crippen LogP contribution is -2.22. The summed E-state index contributed by atoms with van der Waals surface area (Å²) in [7, 11) is -3.76. The molecule has 110 valence electrons. The molecule has 7 heteroatoms. The van der Waals surface area contributed by atoms with Crippen LogP contribution < -0.4 is 9.83 Å². The Morgan fingerprint density at radius 1 is 1.14 bits per heavy atom. The number of nitrogens with one attached hydrogen (secondary N) is 1. The highest BCUT2D eigenvalue weighted by molar-refractivity contribution is 9.10. The SMILES string of the molecule is Cc1cc(NS(=O)(=O)c2ccc(C(=O)[O-])cc2)ccc1Br. The van der Waals surface area contributed by atoms with E-state index in [1.165, 1.54) is 24.3 Å². The van der Waals surface area contributed by atoms with Crippen LogP contribution in [0.2, 0.25) is 0 Å². The van der Waals surface area contributed by atoms with Crippen LogP contribution in [-0.4, -0.2) is 14.4 Å². The Morgan fingerprint density at radius 2 is 1.76 bits per heavy atom. The van der Waals surface area contributed by atoms with Crippen molar-refractivity contribution in [2.45, 2.75) is 11.8 Å². The van der Waals surface area contributed by atoms with Crippen LogP contribution in [0.15, 0.2) is 51.8 Å². The van der Waals surface area contributed by atoms with Crippen molar-refractivity contribution in [3.05, 3.63) is 58.1 Å². The Balaban J connectivity index is 2.29. The highest BCUT2D eigenvalue weighted by Gasteiger charge is 2.14. The molecule has 1 N–H and O–H groups in total. The number of hydrogen-bond donors (Lipinski definition) is 1. The normalized spacial score (nSPS) is 11.1. The lowest BCUT2D eigenvalue weighted by molar-refractivity contribution is -0.255. The average molecular weight is 369 g/mol. The second-order valence-electron chi connectivity index (χ2n) is 4.38. The fourth-order valence-corrected chi connectivity index (χ4v) is 2.99. The van der Waals surface area contributed by atoms with Gasteiger partial charge in [-0.3, -0.25) is 4.72 Å². The Morgan fingerprint density at radius 3 is 2.29 bits per heavy atom. The van der Waals surface area contributed by atoms with Gasteiger partial charge in [-0.05, 0) is 48.4 Å². The number of hydrogen-bond acceptors (Lipinski definition) is 4. The van der Waals surface area contributed by atoms with E-state index >= 15 is 0 Å². The number of benzene rings is 2. The summed E-state index contributed by atoms with van der Waals surface area (Å²) in [5.74, 6) is -1.35. The first-order valence-corrected chi connectivity index (χ1v) is 8.17. The number of carboxylic acids is 1. The lowest BCUT2D eigenvalue weighted by atomic mass is 10.2. The van der Waals surface area contributed by atoms with Crippen LogP contribution in [0, 0.1) is 6.92 Å². The van der Waals surface area contributed by atoms with Gasteiger partial charge < -0.3 is 9.90 Å². The van der Waals surface area contributed by atoms with Crippen molar-refractivity contribution in [3.63, 3.8) is 0 Å². The maximum Gasteiger partial charge on any atom is 0.261 e. The smallest absolute Gasteiger partial charge is 0.261 e. The fourth-order valence-electron chi connectivity index (χ4n) is 1.69. The highest BCUT2D eigenvalue weighted by Crippen LogP contribution is 2.22. The molecule has 0 aliphatic carbocycles. The number of sulfonamides is 1. The van der Waals surface area contributed by atoms with E-state index in [0.29, 0.717) is 5.69 Å². The largest absolute Gasteiger partial charge is 0.545 e. The molecular weight excluding hydrogens is 358 g/mol. The molecule has 0 aliphatic heterocycles. The molecule has 0 fully saturated rings. The van der Waals surface area contributed by atoms with E-state index in [1.54, 1.807) is 18.2 Å². The second-order valence-corrected chi connectivity index (χ2v) is 6.92. The number of anilines is 1. The zero-order chi connectivity index (χ0) is 15.6. The van der Waals surface area contributed by atoms with Crippen LogP contribution in [0.3, 0.4) is 0 Å². The predicted octanol–water partition coefficient (Wildman–Crippen LogP) is 1.92. The van der Waals surface area contributed by atoms with Crippen LogP contribution in [-0.2, 0) is 10.0 Å². The summed E-state index contributed by atoms with van der Waals surface area (Å²) in [6, 6.07) is 9.89. The minimum atomic E-state index is -3.76. The molecule has 0 atom stereocenters. The second kappa shape index (κ2) is 5.87. The number of aryl methyl sites for hydroxylation is 1. The number of carbonyl (C=O) groups is 1. The van der Waals surface area contributed by atoms with E-state index in [1.807, 2.05) is 6.92 Å². The van der Waals surface area contributed by atoms with Crippen molar-refractivity contribution in [3.8, 4) is 0 Å². The standard InChI is InChI=1S/C14H12BrNO4S/c1-9-8-11(4-7-13(9)15)16-21(19,20)12-5-2-10(3-6-12)14(17)18/h2-8,16H,1H3,(H,17,18)/p-1. The van der Waals surface area contributed by atoms with E-state index in [4.69, 9.17) is 0 Å². The van der Waals surface area contributed by atoms with Gasteiger partial charge in [0.1, 0.15) is 0 Å². The van der Waals surface area contributed by atoms with Gasteiger partial charge in [0.25, 0.3) is 10.0 Å². The Labute approximate surface area is 130 Å². The van der Waals surface area contributed by atoms with Crippen LogP contribution in [0.25, 0.3) is 0 Å². The summed E-state index contributed by atoms with van der Waals surface area (Å²) in [5.41, 5.74) is 1.25. The Kier molecular flexibility index (Phi) is 4.34. The maximum atomic E-state index is 12.2. The average Bonchev–Trinajstić information content (AvgIpc) is 2.43. The number of halogens is 1. The first-order valence-electron chi connectivity index (χ1n) is 5.90. The lowest BCUT2D eigenvalue weighted by Gasteiger charge is -2.10. The molecule has 0 saturated heterocycles. The van der Waals surface area contributed by atoms with Crippen molar-refractivity contribution < 1.29 is 18.3 Å². The molecule has 0 unspecified atom stereocenters. The molecule has 0 saturated carbocycles. The van der Waals surface area contributed by atoms with E-state index < -0.39 is 16.0 Å². The molecule has 0 heterocycles. The Hall–Kier alpha value is -1.86. The van der Waals surface area contributed by atoms with Gasteiger partial charge in [-0.15, -0.1) is 0 Å². The quantitative estimate of drug-likeness (QED) is 0.892. The molecule has 5 nitrogen and oxygen atoms in total. The minimum absolute atomic E-state index is 0.0203. The van der Waals surface area contributed by atoms with Crippen LogP contribution >= 0.6 is 15.9 Å². The van der Waals surface area contributed by atoms with Crippen LogP contribution in [0.1, 0.15) is 15.9 Å². The number of rotatable bonds is 4. The molecule has 21 heavy (non-hydrogen) atoms. The first-order chi connectivity index (χ1) is 9.79. The zero-order valence-corrected chi connectivity index (χ0v) is 13.4. The first kappa shape index (κ1) is 15.5. The van der Waals surface area contributed by atoms with Gasteiger partial charge in [0, 0.05) is 10.2 Å². The van der Waals surface area contributed by atoms with E-state index in [9.17, 15) is 18.3 Å². The topological polar surface area (TPSA) is 86.3 Å². The molecule has 2 rings (SSSR count). The van der Waals surface area contributed by atoms with Crippen molar-refractivity contribution in [1.82, 2.24) is 0 Å². The molecule has 0 amide bonds. The van der Waals surface area contributed by atoms with Gasteiger partial charge in [-0.25, -0.2) is 8.42 Å². The Bertz CT molecular complexity index is 785. The number of carboxylic acid groups (broad SMARTS) is 1. The van der Waals surface area contributed by atoms with Crippen molar-refractivity contribution in [1.29, 1.82) is 0 Å². The summed E-state index contributed by atoms with van der Waals surface area (Å²) in [6.07, 6.45) is 0. The van der Waals surface area contributed by atoms with E-state index in [2.05, 4.69) is 20.7 Å². The van der Waals surface area contributed by atoms with Gasteiger partial charge >= 0.3 is 0 Å². The molecule has 0 aromatic heterocycles. The van der Waals surface area contributed by atoms with Crippen molar-refractivity contribution >= 4 is 37.6 Å². The van der Waals surface area contributed by atoms with Crippen LogP contribution in [0.5, 0.6) is 0 Å². The third kappa shape index (κ3) is 3.62. The number of aromatic carboxylic acids is 1. The molecule has 0 aliphatic rings. The molecule has 0 spiro atoms. The van der Waals surface area contributed by atoms with E-state index in [-0.39, 0.29) is 10.5 Å². The number of carbonyl (C=O) groups excluding carboxylic acids is 1. The fraction of sp³-hybridized carbons (Fsp3) is 0.0714. The molecule has 0 bridgehead atoms. The molecule has 2 aromatic carbocycles. The van der Waals surface area contributed by atoms with Crippen LogP contribution in [0.4, 0.5) is 5.69 Å². The van der Waals surface area contributed by atoms with Gasteiger partial charge in [0.15, 0.2) is 0 Å². The summed E-state index contributed by atoms with van der Waals surface area (Å²) < 4.78 is 27.7. The summed E-state index contributed by atoms with van der Waals surface area (Å²) >= 11 is 3.34. The summed E-state index contributed by atoms with van der Waals surface area (Å²) in [4.78, 5) is 10.6.